The van der Waals surface area contributed by atoms with Crippen molar-refractivity contribution in [2.24, 2.45) is 5.92 Å². The topological polar surface area (TPSA) is 96.0 Å². The van der Waals surface area contributed by atoms with Crippen LogP contribution < -0.4 is 15.2 Å². The zero-order valence-electron chi connectivity index (χ0n) is 12.8. The Labute approximate surface area is 135 Å². The molecule has 1 aliphatic rings. The van der Waals surface area contributed by atoms with E-state index in [9.17, 15) is 13.2 Å². The van der Waals surface area contributed by atoms with E-state index in [0.717, 1.165) is 0 Å². The van der Waals surface area contributed by atoms with Crippen LogP contribution in [-0.4, -0.2) is 40.6 Å². The number of alkyl halides is 3. The predicted octanol–water partition coefficient (Wildman–Crippen LogP) is 2.20. The summed E-state index contributed by atoms with van der Waals surface area (Å²) in [7, 11) is 2.80. The molecule has 2 aromatic heterocycles. The summed E-state index contributed by atoms with van der Waals surface area (Å²) >= 11 is 0. The molecule has 3 rings (SSSR count). The van der Waals surface area contributed by atoms with Crippen molar-refractivity contribution in [3.8, 4) is 23.1 Å². The van der Waals surface area contributed by atoms with Gasteiger partial charge in [0.1, 0.15) is 11.5 Å². The maximum absolute atomic E-state index is 12.8. The highest BCUT2D eigenvalue weighted by molar-refractivity contribution is 5.66. The fourth-order valence-electron chi connectivity index (χ4n) is 2.53. The highest BCUT2D eigenvalue weighted by Crippen LogP contribution is 2.57. The third-order valence-electron chi connectivity index (χ3n) is 3.85. The molecule has 24 heavy (non-hydrogen) atoms. The Morgan fingerprint density at radius 3 is 2.54 bits per heavy atom. The van der Waals surface area contributed by atoms with E-state index < -0.39 is 18.0 Å². The van der Waals surface area contributed by atoms with Crippen LogP contribution in [0.2, 0.25) is 0 Å². The lowest BCUT2D eigenvalue weighted by molar-refractivity contribution is -0.148. The molecule has 0 amide bonds. The fraction of sp³-hybridized carbons (Fsp3) is 0.429. The molecule has 0 radical (unpaired) electrons. The summed E-state index contributed by atoms with van der Waals surface area (Å²) < 4.78 is 48.5. The van der Waals surface area contributed by atoms with Crippen LogP contribution in [0.5, 0.6) is 11.9 Å². The van der Waals surface area contributed by atoms with Crippen LogP contribution in [-0.2, 0) is 0 Å². The third-order valence-corrected chi connectivity index (χ3v) is 3.85. The Kier molecular flexibility index (Phi) is 3.90. The highest BCUT2D eigenvalue weighted by Gasteiger charge is 2.56. The Balaban J connectivity index is 1.98. The first kappa shape index (κ1) is 16.2. The Morgan fingerprint density at radius 1 is 1.21 bits per heavy atom. The fourth-order valence-corrected chi connectivity index (χ4v) is 2.53. The zero-order valence-corrected chi connectivity index (χ0v) is 12.8. The van der Waals surface area contributed by atoms with Crippen molar-refractivity contribution in [1.29, 1.82) is 0 Å². The predicted molar refractivity (Wildman–Crippen MR) is 77.5 cm³/mol. The van der Waals surface area contributed by atoms with Crippen molar-refractivity contribution in [1.82, 2.24) is 20.2 Å². The molecule has 2 N–H and O–H groups in total. The van der Waals surface area contributed by atoms with Crippen LogP contribution >= 0.6 is 0 Å². The quantitative estimate of drug-likeness (QED) is 0.910. The van der Waals surface area contributed by atoms with Crippen molar-refractivity contribution in [2.45, 2.75) is 18.5 Å². The minimum atomic E-state index is -4.25. The second-order valence-corrected chi connectivity index (χ2v) is 5.34. The smallest absolute Gasteiger partial charge is 0.392 e. The van der Waals surface area contributed by atoms with Gasteiger partial charge in [0.2, 0.25) is 5.88 Å². The Bertz CT molecular complexity index is 769. The zero-order chi connectivity index (χ0) is 17.5. The van der Waals surface area contributed by atoms with Gasteiger partial charge in [-0.2, -0.15) is 18.2 Å². The molecule has 0 saturated heterocycles. The van der Waals surface area contributed by atoms with Crippen LogP contribution in [0.4, 0.5) is 19.0 Å². The van der Waals surface area contributed by atoms with Crippen LogP contribution in [0.1, 0.15) is 17.9 Å². The number of rotatable bonds is 4. The largest absolute Gasteiger partial charge is 0.480 e. The molecule has 0 unspecified atom stereocenters. The van der Waals surface area contributed by atoms with Gasteiger partial charge >= 0.3 is 12.2 Å². The van der Waals surface area contributed by atoms with Crippen molar-refractivity contribution >= 4 is 5.82 Å². The lowest BCUT2D eigenvalue weighted by Gasteiger charge is -2.10. The van der Waals surface area contributed by atoms with E-state index in [1.807, 2.05) is 0 Å². The Hall–Kier alpha value is -2.65. The van der Waals surface area contributed by atoms with Gasteiger partial charge in [-0.15, -0.1) is 10.2 Å². The van der Waals surface area contributed by atoms with E-state index in [4.69, 9.17) is 15.2 Å². The van der Waals surface area contributed by atoms with Gasteiger partial charge in [0, 0.05) is 11.8 Å². The molecule has 1 aliphatic carbocycles. The van der Waals surface area contributed by atoms with Gasteiger partial charge in [-0.3, -0.25) is 0 Å². The van der Waals surface area contributed by atoms with Crippen molar-refractivity contribution in [3.05, 3.63) is 17.8 Å². The van der Waals surface area contributed by atoms with Gasteiger partial charge in [-0.05, 0) is 18.4 Å². The first-order valence-electron chi connectivity index (χ1n) is 7.00. The number of ether oxygens (including phenoxy) is 2. The lowest BCUT2D eigenvalue weighted by Crippen LogP contribution is -2.12. The van der Waals surface area contributed by atoms with E-state index >= 15 is 0 Å². The molecule has 0 bridgehead atoms. The van der Waals surface area contributed by atoms with Crippen LogP contribution in [0.25, 0.3) is 11.3 Å². The summed E-state index contributed by atoms with van der Waals surface area (Å²) in [4.78, 5) is 7.97. The highest BCUT2D eigenvalue weighted by atomic mass is 19.4. The van der Waals surface area contributed by atoms with E-state index in [0.29, 0.717) is 11.1 Å². The average molecular weight is 341 g/mol. The molecule has 2 atom stereocenters. The first-order chi connectivity index (χ1) is 11.3. The number of anilines is 1. The molecule has 0 aromatic carbocycles. The molecule has 2 heterocycles. The molecule has 1 fully saturated rings. The van der Waals surface area contributed by atoms with Crippen LogP contribution in [0.15, 0.2) is 12.3 Å². The van der Waals surface area contributed by atoms with E-state index in [-0.39, 0.29) is 29.8 Å². The van der Waals surface area contributed by atoms with Crippen molar-refractivity contribution in [2.75, 3.05) is 20.0 Å². The van der Waals surface area contributed by atoms with Gasteiger partial charge < -0.3 is 15.2 Å². The number of hydrogen-bond donors (Lipinski definition) is 1. The minimum absolute atomic E-state index is 0.00488. The van der Waals surface area contributed by atoms with Gasteiger partial charge in [0.05, 0.1) is 25.7 Å². The average Bonchev–Trinajstić information content (AvgIpc) is 3.35. The number of nitrogen functional groups attached to an aromatic ring is 1. The molecule has 7 nitrogen and oxygen atoms in total. The molecular weight excluding hydrogens is 327 g/mol. The molecule has 1 saturated carbocycles. The summed E-state index contributed by atoms with van der Waals surface area (Å²) in [6.45, 7) is 0. The number of nitrogens with zero attached hydrogens (tertiary/aromatic N) is 4. The summed E-state index contributed by atoms with van der Waals surface area (Å²) in [5.74, 6) is -1.94. The molecule has 0 aliphatic heterocycles. The summed E-state index contributed by atoms with van der Waals surface area (Å²) in [6, 6.07) is 1.57. The van der Waals surface area contributed by atoms with E-state index in [1.165, 1.54) is 26.5 Å². The number of aromatic nitrogens is 4. The van der Waals surface area contributed by atoms with Crippen molar-refractivity contribution < 1.29 is 22.6 Å². The maximum Gasteiger partial charge on any atom is 0.392 e. The van der Waals surface area contributed by atoms with E-state index in [1.54, 1.807) is 0 Å². The standard InChI is InChI=1S/C14H14F3N5O2/c1-23-12-8(5-19-13(20-12)24-2)10-4-7(11(18)22-21-10)6-3-9(6)14(15,16)17/h4-6,9H,3H2,1-2H3,(H2,18,22)/t6-,9+/m1/s1. The van der Waals surface area contributed by atoms with Gasteiger partial charge in [-0.25, -0.2) is 4.98 Å². The third kappa shape index (κ3) is 2.91. The first-order valence-corrected chi connectivity index (χ1v) is 7.00. The van der Waals surface area contributed by atoms with E-state index in [2.05, 4.69) is 20.2 Å². The SMILES string of the molecule is COc1ncc(-c2cc([C@H]3C[C@@H]3C(F)(F)F)c(N)nn2)c(OC)n1. The normalized spacial score (nSPS) is 19.9. The number of halogens is 3. The summed E-state index contributed by atoms with van der Waals surface area (Å²) in [5, 5.41) is 7.68. The van der Waals surface area contributed by atoms with Crippen LogP contribution in [0.3, 0.4) is 0 Å². The lowest BCUT2D eigenvalue weighted by atomic mass is 10.1. The van der Waals surface area contributed by atoms with Gasteiger partial charge in [0.15, 0.2) is 0 Å². The number of nitrogens with two attached hydrogens (primary N) is 1. The minimum Gasteiger partial charge on any atom is -0.480 e. The van der Waals surface area contributed by atoms with Gasteiger partial charge in [0.25, 0.3) is 0 Å². The molecule has 2 aromatic rings. The molecule has 0 spiro atoms. The Morgan fingerprint density at radius 2 is 1.96 bits per heavy atom. The van der Waals surface area contributed by atoms with Gasteiger partial charge in [-0.1, -0.05) is 0 Å². The molecular formula is C14H14F3N5O2. The summed E-state index contributed by atoms with van der Waals surface area (Å²) in [5.41, 5.74) is 6.70. The van der Waals surface area contributed by atoms with Crippen molar-refractivity contribution in [3.63, 3.8) is 0 Å². The second-order valence-electron chi connectivity index (χ2n) is 5.34. The monoisotopic (exact) mass is 341 g/mol. The number of methoxy groups -OCH3 is 2. The van der Waals surface area contributed by atoms with Crippen LogP contribution in [0, 0.1) is 5.92 Å². The molecule has 10 heteroatoms. The molecule has 128 valence electrons. The summed E-state index contributed by atoms with van der Waals surface area (Å²) in [6.07, 6.45) is -2.85. The number of hydrogen-bond acceptors (Lipinski definition) is 7. The second kappa shape index (κ2) is 5.77. The maximum atomic E-state index is 12.8.